The van der Waals surface area contributed by atoms with Crippen LogP contribution in [0.25, 0.3) is 11.1 Å². The highest BCUT2D eigenvalue weighted by Crippen LogP contribution is 2.32. The van der Waals surface area contributed by atoms with Gasteiger partial charge < -0.3 is 14.7 Å². The van der Waals surface area contributed by atoms with E-state index in [2.05, 4.69) is 5.16 Å². The maximum atomic E-state index is 13.9. The SMILES string of the molecule is Nc1noc(CCc2ccco2)c1-c1ccc(F)cc1F. The van der Waals surface area contributed by atoms with Gasteiger partial charge in [-0.3, -0.25) is 0 Å². The molecule has 3 aromatic rings. The van der Waals surface area contributed by atoms with Crippen molar-refractivity contribution in [2.24, 2.45) is 0 Å². The number of anilines is 1. The number of aromatic nitrogens is 1. The van der Waals surface area contributed by atoms with Crippen LogP contribution < -0.4 is 5.73 Å². The Hall–Kier alpha value is -2.63. The molecule has 0 aliphatic heterocycles. The molecule has 21 heavy (non-hydrogen) atoms. The number of nitrogen functional groups attached to an aromatic ring is 1. The fraction of sp³-hybridized carbons (Fsp3) is 0.133. The Balaban J connectivity index is 1.93. The van der Waals surface area contributed by atoms with Crippen LogP contribution in [0.5, 0.6) is 0 Å². The summed E-state index contributed by atoms with van der Waals surface area (Å²) in [6.07, 6.45) is 2.59. The summed E-state index contributed by atoms with van der Waals surface area (Å²) in [5, 5.41) is 3.67. The third kappa shape index (κ3) is 2.65. The average Bonchev–Trinajstić information content (AvgIpc) is 3.07. The second kappa shape index (κ2) is 5.40. The summed E-state index contributed by atoms with van der Waals surface area (Å²) in [5.41, 5.74) is 6.27. The van der Waals surface area contributed by atoms with E-state index in [1.165, 1.54) is 12.1 Å². The van der Waals surface area contributed by atoms with Gasteiger partial charge in [0.25, 0.3) is 0 Å². The van der Waals surface area contributed by atoms with E-state index in [-0.39, 0.29) is 11.4 Å². The highest BCUT2D eigenvalue weighted by molar-refractivity contribution is 5.75. The van der Waals surface area contributed by atoms with E-state index >= 15 is 0 Å². The first-order chi connectivity index (χ1) is 10.1. The van der Waals surface area contributed by atoms with Crippen LogP contribution in [0.2, 0.25) is 0 Å². The summed E-state index contributed by atoms with van der Waals surface area (Å²) < 4.78 is 37.3. The summed E-state index contributed by atoms with van der Waals surface area (Å²) in [7, 11) is 0. The molecule has 2 aromatic heterocycles. The first kappa shape index (κ1) is 13.4. The highest BCUT2D eigenvalue weighted by atomic mass is 19.1. The molecule has 0 aliphatic carbocycles. The molecule has 6 heteroatoms. The fourth-order valence-electron chi connectivity index (χ4n) is 2.18. The van der Waals surface area contributed by atoms with Crippen LogP contribution >= 0.6 is 0 Å². The van der Waals surface area contributed by atoms with E-state index in [1.807, 2.05) is 6.07 Å². The Bertz CT molecular complexity index is 751. The molecule has 0 bridgehead atoms. The van der Waals surface area contributed by atoms with Crippen molar-refractivity contribution in [3.63, 3.8) is 0 Å². The van der Waals surface area contributed by atoms with Crippen LogP contribution in [0.15, 0.2) is 45.5 Å². The molecule has 0 amide bonds. The lowest BCUT2D eigenvalue weighted by atomic mass is 10.0. The molecule has 0 radical (unpaired) electrons. The zero-order chi connectivity index (χ0) is 14.8. The molecule has 0 aliphatic rings. The van der Waals surface area contributed by atoms with Gasteiger partial charge in [-0.2, -0.15) is 0 Å². The number of rotatable bonds is 4. The topological polar surface area (TPSA) is 65.2 Å². The van der Waals surface area contributed by atoms with Crippen molar-refractivity contribution in [3.05, 3.63) is 59.7 Å². The maximum absolute atomic E-state index is 13.9. The monoisotopic (exact) mass is 290 g/mol. The van der Waals surface area contributed by atoms with Gasteiger partial charge in [0.15, 0.2) is 5.82 Å². The summed E-state index contributed by atoms with van der Waals surface area (Å²) in [6.45, 7) is 0. The molecule has 3 rings (SSSR count). The average molecular weight is 290 g/mol. The van der Waals surface area contributed by atoms with Crippen molar-refractivity contribution in [2.45, 2.75) is 12.8 Å². The molecule has 0 atom stereocenters. The van der Waals surface area contributed by atoms with Gasteiger partial charge in [0.1, 0.15) is 23.2 Å². The number of nitrogens with two attached hydrogens (primary N) is 1. The van der Waals surface area contributed by atoms with Crippen molar-refractivity contribution in [1.82, 2.24) is 5.16 Å². The Kier molecular flexibility index (Phi) is 3.43. The molecule has 108 valence electrons. The van der Waals surface area contributed by atoms with Gasteiger partial charge in [-0.25, -0.2) is 8.78 Å². The Morgan fingerprint density at radius 1 is 1.14 bits per heavy atom. The minimum Gasteiger partial charge on any atom is -0.469 e. The van der Waals surface area contributed by atoms with Gasteiger partial charge in [-0.05, 0) is 24.3 Å². The van der Waals surface area contributed by atoms with Crippen LogP contribution in [0, 0.1) is 11.6 Å². The number of halogens is 2. The molecule has 0 fully saturated rings. The van der Waals surface area contributed by atoms with Gasteiger partial charge in [-0.15, -0.1) is 0 Å². The Labute approximate surface area is 119 Å². The van der Waals surface area contributed by atoms with Gasteiger partial charge in [0.2, 0.25) is 0 Å². The van der Waals surface area contributed by atoms with Crippen LogP contribution in [0.1, 0.15) is 11.5 Å². The lowest BCUT2D eigenvalue weighted by Gasteiger charge is -2.04. The summed E-state index contributed by atoms with van der Waals surface area (Å²) in [5.74, 6) is -0.0626. The molecule has 0 spiro atoms. The molecular formula is C15H12F2N2O2. The predicted octanol–water partition coefficient (Wildman–Crippen LogP) is 3.58. The van der Waals surface area contributed by atoms with E-state index in [4.69, 9.17) is 14.7 Å². The number of furan rings is 1. The summed E-state index contributed by atoms with van der Waals surface area (Å²) >= 11 is 0. The zero-order valence-electron chi connectivity index (χ0n) is 11.0. The minimum absolute atomic E-state index is 0.0787. The third-order valence-electron chi connectivity index (χ3n) is 3.17. The molecular weight excluding hydrogens is 278 g/mol. The first-order valence-corrected chi connectivity index (χ1v) is 6.37. The maximum Gasteiger partial charge on any atom is 0.175 e. The molecule has 4 nitrogen and oxygen atoms in total. The molecule has 1 aromatic carbocycles. The van der Waals surface area contributed by atoms with E-state index in [1.54, 1.807) is 12.3 Å². The lowest BCUT2D eigenvalue weighted by molar-refractivity contribution is 0.381. The highest BCUT2D eigenvalue weighted by Gasteiger charge is 2.19. The van der Waals surface area contributed by atoms with Crippen molar-refractivity contribution < 1.29 is 17.7 Å². The lowest BCUT2D eigenvalue weighted by Crippen LogP contribution is -1.95. The smallest absolute Gasteiger partial charge is 0.175 e. The minimum atomic E-state index is -0.704. The van der Waals surface area contributed by atoms with Gasteiger partial charge >= 0.3 is 0 Å². The van der Waals surface area contributed by atoms with Crippen LogP contribution in [-0.4, -0.2) is 5.16 Å². The van der Waals surface area contributed by atoms with Gasteiger partial charge in [0, 0.05) is 24.5 Å². The van der Waals surface area contributed by atoms with Crippen molar-refractivity contribution >= 4 is 5.82 Å². The Morgan fingerprint density at radius 3 is 2.71 bits per heavy atom. The largest absolute Gasteiger partial charge is 0.469 e. The first-order valence-electron chi connectivity index (χ1n) is 6.37. The van der Waals surface area contributed by atoms with Gasteiger partial charge in [-0.1, -0.05) is 5.16 Å². The van der Waals surface area contributed by atoms with Crippen LogP contribution in [0.3, 0.4) is 0 Å². The second-order valence-electron chi connectivity index (χ2n) is 4.57. The van der Waals surface area contributed by atoms with Gasteiger partial charge in [0.05, 0.1) is 11.8 Å². The number of hydrogen-bond acceptors (Lipinski definition) is 4. The summed E-state index contributed by atoms with van der Waals surface area (Å²) in [6, 6.07) is 6.91. The zero-order valence-corrected chi connectivity index (χ0v) is 11.0. The van der Waals surface area contributed by atoms with Crippen molar-refractivity contribution in [1.29, 1.82) is 0 Å². The van der Waals surface area contributed by atoms with Crippen LogP contribution in [0.4, 0.5) is 14.6 Å². The van der Waals surface area contributed by atoms with E-state index < -0.39 is 11.6 Å². The second-order valence-corrected chi connectivity index (χ2v) is 4.57. The summed E-state index contributed by atoms with van der Waals surface area (Å²) in [4.78, 5) is 0. The molecule has 0 saturated heterocycles. The van der Waals surface area contributed by atoms with E-state index in [9.17, 15) is 8.78 Å². The molecule has 2 heterocycles. The number of benzene rings is 1. The number of hydrogen-bond donors (Lipinski definition) is 1. The molecule has 0 saturated carbocycles. The van der Waals surface area contributed by atoms with E-state index in [0.717, 1.165) is 11.8 Å². The molecule has 2 N–H and O–H groups in total. The normalized spacial score (nSPS) is 11.0. The number of aryl methyl sites for hydroxylation is 2. The predicted molar refractivity (Wildman–Crippen MR) is 72.4 cm³/mol. The van der Waals surface area contributed by atoms with E-state index in [0.29, 0.717) is 24.2 Å². The van der Waals surface area contributed by atoms with Crippen LogP contribution in [-0.2, 0) is 12.8 Å². The fourth-order valence-corrected chi connectivity index (χ4v) is 2.18. The van der Waals surface area contributed by atoms with Crippen molar-refractivity contribution in [3.8, 4) is 11.1 Å². The van der Waals surface area contributed by atoms with Crippen molar-refractivity contribution in [2.75, 3.05) is 5.73 Å². The third-order valence-corrected chi connectivity index (χ3v) is 3.17. The molecule has 0 unspecified atom stereocenters. The standard InChI is InChI=1S/C15H12F2N2O2/c16-9-3-5-11(12(17)8-9)14-13(21-19-15(14)18)6-4-10-2-1-7-20-10/h1-3,5,7-8H,4,6H2,(H2,18,19). The Morgan fingerprint density at radius 2 is 2.00 bits per heavy atom. The number of nitrogens with zero attached hydrogens (tertiary/aromatic N) is 1. The quantitative estimate of drug-likeness (QED) is 0.797.